The van der Waals surface area contributed by atoms with E-state index in [2.05, 4.69) is 9.97 Å². The Morgan fingerprint density at radius 2 is 1.92 bits per heavy atom. The number of halogens is 1. The Hall–Kier alpha value is -2.92. The molecule has 0 atom stereocenters. The normalized spacial score (nSPS) is 11.0. The van der Waals surface area contributed by atoms with Gasteiger partial charge >= 0.3 is 0 Å². The van der Waals surface area contributed by atoms with E-state index in [1.54, 1.807) is 24.4 Å². The summed E-state index contributed by atoms with van der Waals surface area (Å²) in [6.45, 7) is 0.209. The molecule has 0 bridgehead atoms. The highest BCUT2D eigenvalue weighted by Gasteiger charge is 2.10. The van der Waals surface area contributed by atoms with Crippen LogP contribution in [0.2, 0.25) is 5.02 Å². The zero-order valence-corrected chi connectivity index (χ0v) is 13.3. The summed E-state index contributed by atoms with van der Waals surface area (Å²) in [6, 6.07) is 14.7. The molecule has 0 aliphatic heterocycles. The summed E-state index contributed by atoms with van der Waals surface area (Å²) in [5.74, 6) is 1.11. The summed E-state index contributed by atoms with van der Waals surface area (Å²) >= 11 is 5.97. The van der Waals surface area contributed by atoms with Crippen molar-refractivity contribution in [3.63, 3.8) is 0 Å². The predicted octanol–water partition coefficient (Wildman–Crippen LogP) is 3.75. The number of benzene rings is 2. The Morgan fingerprint density at radius 3 is 2.75 bits per heavy atom. The fourth-order valence-electron chi connectivity index (χ4n) is 2.51. The summed E-state index contributed by atoms with van der Waals surface area (Å²) in [5.41, 5.74) is 1.37. The third kappa shape index (κ3) is 2.70. The Balaban J connectivity index is 1.69. The maximum absolute atomic E-state index is 12.6. The van der Waals surface area contributed by atoms with E-state index in [4.69, 9.17) is 16.0 Å². The van der Waals surface area contributed by atoms with Gasteiger partial charge in [0.15, 0.2) is 5.76 Å². The number of rotatable bonds is 3. The number of fused-ring (bicyclic) bond motifs is 1. The third-order valence-corrected chi connectivity index (χ3v) is 3.94. The second-order valence-corrected chi connectivity index (χ2v) is 5.76. The molecule has 24 heavy (non-hydrogen) atoms. The molecule has 0 aliphatic carbocycles. The predicted molar refractivity (Wildman–Crippen MR) is 92.1 cm³/mol. The van der Waals surface area contributed by atoms with Crippen LogP contribution in [0.5, 0.6) is 0 Å². The first-order valence-corrected chi connectivity index (χ1v) is 7.73. The number of oxazole rings is 1. The van der Waals surface area contributed by atoms with E-state index in [1.807, 2.05) is 30.3 Å². The van der Waals surface area contributed by atoms with Crippen molar-refractivity contribution in [2.75, 3.05) is 0 Å². The summed E-state index contributed by atoms with van der Waals surface area (Å²) in [5, 5.41) is 0.974. The fourth-order valence-corrected chi connectivity index (χ4v) is 2.68. The molecule has 0 unspecified atom stereocenters. The van der Waals surface area contributed by atoms with Gasteiger partial charge in [0.1, 0.15) is 6.54 Å². The molecule has 4 rings (SSSR count). The van der Waals surface area contributed by atoms with Crippen molar-refractivity contribution < 1.29 is 4.42 Å². The van der Waals surface area contributed by atoms with Crippen LogP contribution in [0.15, 0.2) is 70.3 Å². The summed E-state index contributed by atoms with van der Waals surface area (Å²) in [4.78, 5) is 21.1. The SMILES string of the molecule is O=c1c2cc(Cl)ccc2ncn1Cc1ncc(-c2ccccc2)o1. The Morgan fingerprint density at radius 1 is 1.08 bits per heavy atom. The van der Waals surface area contributed by atoms with Crippen LogP contribution in [-0.4, -0.2) is 14.5 Å². The van der Waals surface area contributed by atoms with Crippen molar-refractivity contribution in [3.05, 3.63) is 82.3 Å². The number of nitrogens with zero attached hydrogens (tertiary/aromatic N) is 3. The monoisotopic (exact) mass is 337 g/mol. The average Bonchev–Trinajstić information content (AvgIpc) is 3.07. The molecule has 0 aliphatic rings. The quantitative estimate of drug-likeness (QED) is 0.571. The lowest BCUT2D eigenvalue weighted by Gasteiger charge is -2.04. The molecule has 2 aromatic carbocycles. The van der Waals surface area contributed by atoms with Gasteiger partial charge in [0.2, 0.25) is 5.89 Å². The van der Waals surface area contributed by atoms with E-state index < -0.39 is 0 Å². The van der Waals surface area contributed by atoms with Gasteiger partial charge in [-0.1, -0.05) is 41.9 Å². The number of hydrogen-bond acceptors (Lipinski definition) is 4. The van der Waals surface area contributed by atoms with Crippen molar-refractivity contribution in [2.45, 2.75) is 6.54 Å². The van der Waals surface area contributed by atoms with Gasteiger partial charge in [-0.05, 0) is 18.2 Å². The van der Waals surface area contributed by atoms with Gasteiger partial charge in [0.05, 0.1) is 23.4 Å². The lowest BCUT2D eigenvalue weighted by molar-refractivity contribution is 0.484. The van der Waals surface area contributed by atoms with Crippen LogP contribution >= 0.6 is 11.6 Å². The fraction of sp³-hybridized carbons (Fsp3) is 0.0556. The molecule has 2 aromatic heterocycles. The van der Waals surface area contributed by atoms with Crippen LogP contribution < -0.4 is 5.56 Å². The van der Waals surface area contributed by atoms with Gasteiger partial charge in [0, 0.05) is 10.6 Å². The second kappa shape index (κ2) is 5.94. The van der Waals surface area contributed by atoms with E-state index in [0.29, 0.717) is 27.6 Å². The van der Waals surface area contributed by atoms with Crippen molar-refractivity contribution >= 4 is 22.5 Å². The number of hydrogen-bond donors (Lipinski definition) is 0. The molecular formula is C18H12ClN3O2. The number of aromatic nitrogens is 3. The second-order valence-electron chi connectivity index (χ2n) is 5.32. The minimum atomic E-state index is -0.179. The van der Waals surface area contributed by atoms with Crippen molar-refractivity contribution in [2.24, 2.45) is 0 Å². The highest BCUT2D eigenvalue weighted by Crippen LogP contribution is 2.20. The van der Waals surface area contributed by atoms with Crippen LogP contribution in [0.25, 0.3) is 22.2 Å². The van der Waals surface area contributed by atoms with Crippen LogP contribution in [-0.2, 0) is 6.54 Å². The Kier molecular flexibility index (Phi) is 3.63. The Bertz CT molecular complexity index is 1070. The zero-order chi connectivity index (χ0) is 16.5. The van der Waals surface area contributed by atoms with Crippen LogP contribution in [0.4, 0.5) is 0 Å². The molecule has 6 heteroatoms. The van der Waals surface area contributed by atoms with Gasteiger partial charge in [0.25, 0.3) is 5.56 Å². The average molecular weight is 338 g/mol. The summed E-state index contributed by atoms with van der Waals surface area (Å²) in [6.07, 6.45) is 3.14. The molecule has 0 spiro atoms. The first-order chi connectivity index (χ1) is 11.7. The standard InChI is InChI=1S/C18H12ClN3O2/c19-13-6-7-15-14(8-13)18(23)22(11-21-15)10-17-20-9-16(24-17)12-4-2-1-3-5-12/h1-9,11H,10H2. The van der Waals surface area contributed by atoms with Crippen LogP contribution in [0, 0.1) is 0 Å². The van der Waals surface area contributed by atoms with Crippen LogP contribution in [0.1, 0.15) is 5.89 Å². The van der Waals surface area contributed by atoms with Gasteiger partial charge < -0.3 is 4.42 Å². The van der Waals surface area contributed by atoms with Crippen molar-refractivity contribution in [3.8, 4) is 11.3 Å². The highest BCUT2D eigenvalue weighted by molar-refractivity contribution is 6.31. The molecule has 0 saturated carbocycles. The molecule has 0 radical (unpaired) electrons. The molecule has 0 amide bonds. The van der Waals surface area contributed by atoms with Gasteiger partial charge in [-0.3, -0.25) is 9.36 Å². The first kappa shape index (κ1) is 14.7. The topological polar surface area (TPSA) is 60.9 Å². The first-order valence-electron chi connectivity index (χ1n) is 7.35. The largest absolute Gasteiger partial charge is 0.439 e. The molecule has 0 N–H and O–H groups in total. The molecule has 5 nitrogen and oxygen atoms in total. The van der Waals surface area contributed by atoms with Crippen molar-refractivity contribution in [1.29, 1.82) is 0 Å². The van der Waals surface area contributed by atoms with Gasteiger partial charge in [-0.25, -0.2) is 9.97 Å². The molecule has 4 aromatic rings. The highest BCUT2D eigenvalue weighted by atomic mass is 35.5. The summed E-state index contributed by atoms with van der Waals surface area (Å²) in [7, 11) is 0. The molecule has 2 heterocycles. The lowest BCUT2D eigenvalue weighted by atomic mass is 10.2. The van der Waals surface area contributed by atoms with Crippen LogP contribution in [0.3, 0.4) is 0 Å². The van der Waals surface area contributed by atoms with Crippen molar-refractivity contribution in [1.82, 2.24) is 14.5 Å². The summed E-state index contributed by atoms with van der Waals surface area (Å²) < 4.78 is 7.20. The molecule has 0 fully saturated rings. The van der Waals surface area contributed by atoms with E-state index >= 15 is 0 Å². The van der Waals surface area contributed by atoms with E-state index in [-0.39, 0.29) is 12.1 Å². The van der Waals surface area contributed by atoms with E-state index in [1.165, 1.54) is 10.9 Å². The smallest absolute Gasteiger partial charge is 0.261 e. The minimum absolute atomic E-state index is 0.179. The third-order valence-electron chi connectivity index (χ3n) is 3.70. The molecule has 118 valence electrons. The van der Waals surface area contributed by atoms with E-state index in [9.17, 15) is 4.79 Å². The molecular weight excluding hydrogens is 326 g/mol. The minimum Gasteiger partial charge on any atom is -0.439 e. The lowest BCUT2D eigenvalue weighted by Crippen LogP contribution is -2.21. The zero-order valence-electron chi connectivity index (χ0n) is 12.5. The maximum atomic E-state index is 12.6. The van der Waals surface area contributed by atoms with Gasteiger partial charge in [-0.2, -0.15) is 0 Å². The Labute approximate surface area is 142 Å². The van der Waals surface area contributed by atoms with Gasteiger partial charge in [-0.15, -0.1) is 0 Å². The van der Waals surface area contributed by atoms with E-state index in [0.717, 1.165) is 5.56 Å². The maximum Gasteiger partial charge on any atom is 0.261 e. The molecule has 0 saturated heterocycles.